The number of benzene rings is 2. The van der Waals surface area contributed by atoms with Gasteiger partial charge >= 0.3 is 6.18 Å². The number of nitrogens with one attached hydrogen (secondary N) is 1. The minimum atomic E-state index is -4.54. The molecule has 0 spiro atoms. The molecule has 26 heavy (non-hydrogen) atoms. The quantitative estimate of drug-likeness (QED) is 0.458. The summed E-state index contributed by atoms with van der Waals surface area (Å²) in [5.41, 5.74) is 0.341. The van der Waals surface area contributed by atoms with Crippen LogP contribution in [0.3, 0.4) is 0 Å². The molecule has 0 unspecified atom stereocenters. The van der Waals surface area contributed by atoms with E-state index in [1.54, 1.807) is 36.4 Å². The van der Waals surface area contributed by atoms with Gasteiger partial charge in [0.05, 0.1) is 11.1 Å². The molecule has 0 saturated carbocycles. The Balaban J connectivity index is 1.80. The van der Waals surface area contributed by atoms with Crippen LogP contribution in [0.5, 0.6) is 5.75 Å². The number of halogens is 4. The summed E-state index contributed by atoms with van der Waals surface area (Å²) in [4.78, 5) is 0. The third-order valence-corrected chi connectivity index (χ3v) is 4.21. The number of hydrogen-bond donors (Lipinski definition) is 2. The van der Waals surface area contributed by atoms with Crippen molar-refractivity contribution in [3.05, 3.63) is 59.2 Å². The Hall–Kier alpha value is -2.93. The number of furan rings is 1. The van der Waals surface area contributed by atoms with Gasteiger partial charge in [-0.1, -0.05) is 11.6 Å². The van der Waals surface area contributed by atoms with Gasteiger partial charge in [-0.2, -0.15) is 18.3 Å². The van der Waals surface area contributed by atoms with Gasteiger partial charge < -0.3 is 9.52 Å². The van der Waals surface area contributed by atoms with Crippen molar-refractivity contribution in [2.75, 3.05) is 0 Å². The highest BCUT2D eigenvalue weighted by molar-refractivity contribution is 6.30. The molecule has 132 valence electrons. The number of alkyl halides is 3. The molecule has 2 heterocycles. The van der Waals surface area contributed by atoms with Crippen molar-refractivity contribution < 1.29 is 22.7 Å². The van der Waals surface area contributed by atoms with E-state index in [0.29, 0.717) is 21.8 Å². The maximum atomic E-state index is 12.7. The van der Waals surface area contributed by atoms with E-state index in [1.165, 1.54) is 6.07 Å². The molecule has 8 heteroatoms. The van der Waals surface area contributed by atoms with Crippen molar-refractivity contribution in [2.24, 2.45) is 0 Å². The molecule has 2 aromatic carbocycles. The summed E-state index contributed by atoms with van der Waals surface area (Å²) in [6.45, 7) is 0. The number of hydrogen-bond acceptors (Lipinski definition) is 3. The second-order valence-electron chi connectivity index (χ2n) is 5.66. The van der Waals surface area contributed by atoms with Crippen LogP contribution in [0.2, 0.25) is 5.02 Å². The molecular weight excluding hydrogens is 369 g/mol. The highest BCUT2D eigenvalue weighted by Gasteiger charge is 2.33. The van der Waals surface area contributed by atoms with Crippen LogP contribution in [0.4, 0.5) is 13.2 Å². The highest BCUT2D eigenvalue weighted by Crippen LogP contribution is 2.40. The summed E-state index contributed by atoms with van der Waals surface area (Å²) in [5.74, 6) is 0.300. The van der Waals surface area contributed by atoms with E-state index in [9.17, 15) is 18.3 Å². The minimum Gasteiger partial charge on any atom is -0.506 e. The number of aromatic nitrogens is 2. The van der Waals surface area contributed by atoms with E-state index < -0.39 is 11.9 Å². The maximum Gasteiger partial charge on any atom is 0.432 e. The molecular formula is C18H10ClF3N2O2. The number of rotatable bonds is 2. The van der Waals surface area contributed by atoms with Crippen molar-refractivity contribution >= 4 is 22.6 Å². The molecule has 0 bridgehead atoms. The van der Waals surface area contributed by atoms with E-state index in [1.807, 2.05) is 5.10 Å². The van der Waals surface area contributed by atoms with Gasteiger partial charge in [-0.3, -0.25) is 5.10 Å². The van der Waals surface area contributed by atoms with Crippen LogP contribution in [0, 0.1) is 0 Å². The normalized spacial score (nSPS) is 12.0. The Morgan fingerprint density at radius 1 is 1.04 bits per heavy atom. The van der Waals surface area contributed by atoms with Gasteiger partial charge in [0.2, 0.25) is 0 Å². The van der Waals surface area contributed by atoms with Gasteiger partial charge in [0.25, 0.3) is 0 Å². The Morgan fingerprint density at radius 3 is 2.42 bits per heavy atom. The molecule has 0 aliphatic heterocycles. The zero-order valence-corrected chi connectivity index (χ0v) is 13.7. The van der Waals surface area contributed by atoms with Crippen molar-refractivity contribution in [2.45, 2.75) is 6.18 Å². The largest absolute Gasteiger partial charge is 0.506 e. The second-order valence-corrected chi connectivity index (χ2v) is 6.09. The molecule has 2 aromatic heterocycles. The fourth-order valence-electron chi connectivity index (χ4n) is 2.67. The first-order valence-corrected chi connectivity index (χ1v) is 7.85. The molecule has 2 N–H and O–H groups in total. The van der Waals surface area contributed by atoms with Crippen molar-refractivity contribution in [3.63, 3.8) is 0 Å². The van der Waals surface area contributed by atoms with Crippen LogP contribution < -0.4 is 0 Å². The van der Waals surface area contributed by atoms with Gasteiger partial charge in [-0.25, -0.2) is 0 Å². The third-order valence-electron chi connectivity index (χ3n) is 3.96. The SMILES string of the molecule is Oc1c(-c2cc(C(F)(F)F)[nH]n2)ccc2oc(-c3ccc(Cl)cc3)cc12. The lowest BCUT2D eigenvalue weighted by Gasteiger charge is -2.02. The lowest BCUT2D eigenvalue weighted by atomic mass is 10.1. The predicted octanol–water partition coefficient (Wildman–Crippen LogP) is 5.87. The number of fused-ring (bicyclic) bond motifs is 1. The Morgan fingerprint density at radius 2 is 1.77 bits per heavy atom. The first-order chi connectivity index (χ1) is 12.3. The Kier molecular flexibility index (Phi) is 3.69. The monoisotopic (exact) mass is 378 g/mol. The van der Waals surface area contributed by atoms with Gasteiger partial charge in [-0.05, 0) is 48.5 Å². The highest BCUT2D eigenvalue weighted by atomic mass is 35.5. The second kappa shape index (κ2) is 5.81. The fourth-order valence-corrected chi connectivity index (χ4v) is 2.79. The zero-order valence-electron chi connectivity index (χ0n) is 12.9. The minimum absolute atomic E-state index is 0.00836. The van der Waals surface area contributed by atoms with Crippen LogP contribution in [-0.2, 0) is 6.18 Å². The van der Waals surface area contributed by atoms with Gasteiger partial charge in [0, 0.05) is 16.1 Å². The molecule has 0 amide bonds. The van der Waals surface area contributed by atoms with Crippen LogP contribution in [-0.4, -0.2) is 15.3 Å². The predicted molar refractivity (Wildman–Crippen MR) is 90.9 cm³/mol. The number of aromatic hydroxyl groups is 1. The summed E-state index contributed by atoms with van der Waals surface area (Å²) < 4.78 is 43.9. The average molecular weight is 379 g/mol. The Bertz CT molecular complexity index is 1100. The summed E-state index contributed by atoms with van der Waals surface area (Å²) in [6, 6.07) is 12.4. The van der Waals surface area contributed by atoms with Crippen molar-refractivity contribution in [3.8, 4) is 28.3 Å². The molecule has 0 atom stereocenters. The van der Waals surface area contributed by atoms with E-state index >= 15 is 0 Å². The Labute approximate surface area is 149 Å². The molecule has 0 aliphatic rings. The summed E-state index contributed by atoms with van der Waals surface area (Å²) in [6.07, 6.45) is -4.54. The third kappa shape index (κ3) is 2.80. The van der Waals surface area contributed by atoms with E-state index in [-0.39, 0.29) is 17.0 Å². The number of aromatic amines is 1. The first-order valence-electron chi connectivity index (χ1n) is 7.47. The summed E-state index contributed by atoms with van der Waals surface area (Å²) in [7, 11) is 0. The van der Waals surface area contributed by atoms with Crippen LogP contribution >= 0.6 is 11.6 Å². The molecule has 0 radical (unpaired) electrons. The zero-order chi connectivity index (χ0) is 18.5. The molecule has 0 saturated heterocycles. The smallest absolute Gasteiger partial charge is 0.432 e. The van der Waals surface area contributed by atoms with Crippen molar-refractivity contribution in [1.29, 1.82) is 0 Å². The number of H-pyrrole nitrogens is 1. The van der Waals surface area contributed by atoms with Crippen molar-refractivity contribution in [1.82, 2.24) is 10.2 Å². The summed E-state index contributed by atoms with van der Waals surface area (Å²) in [5, 5.41) is 17.0. The molecule has 4 rings (SSSR count). The summed E-state index contributed by atoms with van der Waals surface area (Å²) >= 11 is 5.87. The first kappa shape index (κ1) is 16.5. The molecule has 4 aromatic rings. The van der Waals surface area contributed by atoms with E-state index in [0.717, 1.165) is 11.6 Å². The topological polar surface area (TPSA) is 62.0 Å². The lowest BCUT2D eigenvalue weighted by Crippen LogP contribution is -2.04. The van der Waals surface area contributed by atoms with E-state index in [4.69, 9.17) is 16.0 Å². The van der Waals surface area contributed by atoms with E-state index in [2.05, 4.69) is 5.10 Å². The number of phenolic OH excluding ortho intramolecular Hbond substituents is 1. The molecule has 4 nitrogen and oxygen atoms in total. The van der Waals surface area contributed by atoms with Crippen LogP contribution in [0.15, 0.2) is 52.9 Å². The van der Waals surface area contributed by atoms with Crippen LogP contribution in [0.1, 0.15) is 5.69 Å². The van der Waals surface area contributed by atoms with Gasteiger partial charge in [0.1, 0.15) is 22.8 Å². The van der Waals surface area contributed by atoms with Gasteiger partial charge in [-0.15, -0.1) is 0 Å². The standard InChI is InChI=1S/C18H10ClF3N2O2/c19-10-3-1-9(2-4-10)15-7-12-14(26-15)6-5-11(17(12)25)13-8-16(24-23-13)18(20,21)22/h1-8,25H,(H,23,24). The number of nitrogens with zero attached hydrogens (tertiary/aromatic N) is 1. The number of phenols is 1. The lowest BCUT2D eigenvalue weighted by molar-refractivity contribution is -0.141. The average Bonchev–Trinajstić information content (AvgIpc) is 3.22. The van der Waals surface area contributed by atoms with Crippen LogP contribution in [0.25, 0.3) is 33.6 Å². The molecule has 0 aliphatic carbocycles. The fraction of sp³-hybridized carbons (Fsp3) is 0.0556. The molecule has 0 fully saturated rings. The van der Waals surface area contributed by atoms with Gasteiger partial charge in [0.15, 0.2) is 0 Å². The maximum absolute atomic E-state index is 12.7.